The Balaban J connectivity index is 1.41. The van der Waals surface area contributed by atoms with E-state index in [1.54, 1.807) is 23.1 Å². The van der Waals surface area contributed by atoms with Crippen molar-refractivity contribution in [2.24, 2.45) is 0 Å². The number of nitriles is 1. The molecule has 4 heterocycles. The number of hydrogen-bond acceptors (Lipinski definition) is 8. The highest BCUT2D eigenvalue weighted by atomic mass is 19.4. The predicted octanol–water partition coefficient (Wildman–Crippen LogP) is 3.69. The van der Waals surface area contributed by atoms with Crippen LogP contribution < -0.4 is 9.64 Å². The number of carbonyl (C=O) groups is 1. The summed E-state index contributed by atoms with van der Waals surface area (Å²) in [6.45, 7) is 7.65. The van der Waals surface area contributed by atoms with E-state index in [-0.39, 0.29) is 36.0 Å². The van der Waals surface area contributed by atoms with E-state index in [0.29, 0.717) is 57.3 Å². The summed E-state index contributed by atoms with van der Waals surface area (Å²) in [7, 11) is 2.07. The molecule has 12 heteroatoms. The van der Waals surface area contributed by atoms with Gasteiger partial charge in [0, 0.05) is 50.9 Å². The molecule has 0 unspecified atom stereocenters. The van der Waals surface area contributed by atoms with E-state index < -0.39 is 12.6 Å². The van der Waals surface area contributed by atoms with Gasteiger partial charge in [0.2, 0.25) is 5.91 Å². The smallest absolute Gasteiger partial charge is 0.393 e. The van der Waals surface area contributed by atoms with Gasteiger partial charge >= 0.3 is 12.2 Å². The number of alkyl halides is 3. The van der Waals surface area contributed by atoms with Crippen molar-refractivity contribution in [2.75, 3.05) is 44.7 Å². The number of likely N-dealkylation sites (N-methyl/N-ethyl adjacent to an activating group) is 1. The maximum absolute atomic E-state index is 13.2. The molecular weight excluding hydrogens is 547 g/mol. The normalized spacial score (nSPS) is 21.3. The number of aromatic nitrogens is 2. The highest BCUT2D eigenvalue weighted by molar-refractivity contribution is 5.87. The lowest BCUT2D eigenvalue weighted by molar-refractivity contribution is -0.129. The third-order valence-corrected chi connectivity index (χ3v) is 8.35. The monoisotopic (exact) mass is 583 g/mol. The first kappa shape index (κ1) is 29.8. The Kier molecular flexibility index (Phi) is 8.99. The topological polar surface area (TPSA) is 88.8 Å². The lowest BCUT2D eigenvalue weighted by atomic mass is 10.0. The fourth-order valence-electron chi connectivity index (χ4n) is 6.15. The fourth-order valence-corrected chi connectivity index (χ4v) is 6.15. The van der Waals surface area contributed by atoms with Crippen LogP contribution in [0.2, 0.25) is 0 Å². The summed E-state index contributed by atoms with van der Waals surface area (Å²) in [5, 5.41) is 9.45. The van der Waals surface area contributed by atoms with Crippen LogP contribution in [0.25, 0.3) is 0 Å². The summed E-state index contributed by atoms with van der Waals surface area (Å²) in [6, 6.07) is 9.07. The molecule has 3 aliphatic rings. The summed E-state index contributed by atoms with van der Waals surface area (Å²) in [6.07, 6.45) is -1.69. The Morgan fingerprint density at radius 2 is 1.95 bits per heavy atom. The first-order valence-electron chi connectivity index (χ1n) is 14.3. The van der Waals surface area contributed by atoms with Crippen LogP contribution in [0, 0.1) is 11.3 Å². The van der Waals surface area contributed by atoms with Crippen molar-refractivity contribution >= 4 is 11.7 Å². The van der Waals surface area contributed by atoms with Gasteiger partial charge in [0.05, 0.1) is 30.6 Å². The van der Waals surface area contributed by atoms with E-state index in [2.05, 4.69) is 34.4 Å². The fraction of sp³-hybridized carbons (Fsp3) is 0.533. The molecule has 2 saturated heterocycles. The Hall–Kier alpha value is -3.69. The van der Waals surface area contributed by atoms with Gasteiger partial charge < -0.3 is 19.4 Å². The maximum Gasteiger partial charge on any atom is 0.393 e. The van der Waals surface area contributed by atoms with Gasteiger partial charge in [-0.1, -0.05) is 30.8 Å². The van der Waals surface area contributed by atoms with E-state index in [1.165, 1.54) is 12.1 Å². The summed E-state index contributed by atoms with van der Waals surface area (Å²) in [4.78, 5) is 30.1. The molecule has 42 heavy (non-hydrogen) atoms. The van der Waals surface area contributed by atoms with Crippen molar-refractivity contribution in [3.8, 4) is 12.1 Å². The number of fused-ring (bicyclic) bond motifs is 1. The van der Waals surface area contributed by atoms with Crippen molar-refractivity contribution in [2.45, 2.75) is 63.6 Å². The zero-order chi connectivity index (χ0) is 29.9. The van der Waals surface area contributed by atoms with Crippen molar-refractivity contribution in [1.82, 2.24) is 24.7 Å². The summed E-state index contributed by atoms with van der Waals surface area (Å²) >= 11 is 0. The Morgan fingerprint density at radius 1 is 1.17 bits per heavy atom. The minimum Gasteiger partial charge on any atom is -0.462 e. The number of anilines is 1. The zero-order valence-electron chi connectivity index (χ0n) is 23.8. The Morgan fingerprint density at radius 3 is 2.64 bits per heavy atom. The molecule has 1 amide bonds. The second-order valence-corrected chi connectivity index (χ2v) is 11.2. The second-order valence-electron chi connectivity index (χ2n) is 11.2. The lowest BCUT2D eigenvalue weighted by Crippen LogP contribution is -2.55. The number of nitrogens with zero attached hydrogens (tertiary/aromatic N) is 7. The molecule has 0 aliphatic carbocycles. The Labute approximate surface area is 244 Å². The van der Waals surface area contributed by atoms with E-state index in [0.717, 1.165) is 30.6 Å². The molecule has 0 bridgehead atoms. The van der Waals surface area contributed by atoms with Crippen LogP contribution in [0.3, 0.4) is 0 Å². The average molecular weight is 584 g/mol. The molecule has 0 radical (unpaired) electrons. The van der Waals surface area contributed by atoms with E-state index in [9.17, 15) is 23.2 Å². The molecule has 2 fully saturated rings. The number of rotatable bonds is 9. The number of piperazine rings is 1. The molecular formula is C30H36F3N7O2. The molecule has 0 saturated carbocycles. The highest BCUT2D eigenvalue weighted by Crippen LogP contribution is 2.34. The third kappa shape index (κ3) is 6.85. The first-order chi connectivity index (χ1) is 20.1. The van der Waals surface area contributed by atoms with Crippen LogP contribution in [0.15, 0.2) is 36.9 Å². The quantitative estimate of drug-likeness (QED) is 0.413. The number of benzene rings is 1. The van der Waals surface area contributed by atoms with Gasteiger partial charge in [-0.25, -0.2) is 0 Å². The van der Waals surface area contributed by atoms with Gasteiger partial charge in [-0.05, 0) is 43.6 Å². The van der Waals surface area contributed by atoms with E-state index in [1.807, 2.05) is 0 Å². The molecule has 9 nitrogen and oxygen atoms in total. The van der Waals surface area contributed by atoms with Gasteiger partial charge in [0.25, 0.3) is 0 Å². The first-order valence-corrected chi connectivity index (χ1v) is 14.3. The molecule has 5 rings (SSSR count). The van der Waals surface area contributed by atoms with Gasteiger partial charge in [0.1, 0.15) is 12.4 Å². The lowest BCUT2D eigenvalue weighted by Gasteiger charge is -2.41. The van der Waals surface area contributed by atoms with Crippen LogP contribution in [0.4, 0.5) is 19.0 Å². The van der Waals surface area contributed by atoms with E-state index >= 15 is 0 Å². The molecule has 3 aliphatic heterocycles. The van der Waals surface area contributed by atoms with Gasteiger partial charge in [-0.2, -0.15) is 28.4 Å². The largest absolute Gasteiger partial charge is 0.462 e. The number of halogens is 3. The number of hydrogen-bond donors (Lipinski definition) is 0. The van der Waals surface area contributed by atoms with Crippen LogP contribution >= 0.6 is 0 Å². The standard InChI is InChI=1S/C30H36F3N7O2/c1-3-27(41)40-14-13-39(17-23(40)10-11-34)28-25-18-38(16-22-8-5-4-7-21(22)15-30(31,32)33)19-26(25)35-29(36-28)42-20-24-9-6-12-37(24)2/h3-5,7-8,23-24H,1,6,9-10,12-20H2,2H3/t23-,24-/m0/s1. The molecule has 2 atom stereocenters. The summed E-state index contributed by atoms with van der Waals surface area (Å²) < 4.78 is 45.9. The molecule has 2 aromatic rings. The minimum atomic E-state index is -4.29. The highest BCUT2D eigenvalue weighted by Gasteiger charge is 2.35. The summed E-state index contributed by atoms with van der Waals surface area (Å²) in [5.74, 6) is 0.478. The maximum atomic E-state index is 13.2. The minimum absolute atomic E-state index is 0.169. The van der Waals surface area contributed by atoms with Crippen molar-refractivity contribution in [3.63, 3.8) is 0 Å². The number of ether oxygens (including phenoxy) is 1. The van der Waals surface area contributed by atoms with Crippen LogP contribution in [0.5, 0.6) is 6.01 Å². The molecule has 0 N–H and O–H groups in total. The van der Waals surface area contributed by atoms with Crippen molar-refractivity contribution in [3.05, 3.63) is 59.3 Å². The molecule has 1 aromatic carbocycles. The molecule has 0 spiro atoms. The van der Waals surface area contributed by atoms with Crippen LogP contribution in [-0.4, -0.2) is 88.7 Å². The van der Waals surface area contributed by atoms with Gasteiger partial charge in [-0.15, -0.1) is 0 Å². The Bertz CT molecular complexity index is 1350. The van der Waals surface area contributed by atoms with E-state index in [4.69, 9.17) is 14.7 Å². The van der Waals surface area contributed by atoms with Crippen LogP contribution in [0.1, 0.15) is 41.6 Å². The SMILES string of the molecule is C=CC(=O)N1CCN(c2nc(OC[C@@H]3CCCN3C)nc3c2CN(Cc2ccccc2CC(F)(F)F)C3)C[C@@H]1CC#N. The number of amides is 1. The zero-order valence-corrected chi connectivity index (χ0v) is 23.8. The predicted molar refractivity (Wildman–Crippen MR) is 150 cm³/mol. The third-order valence-electron chi connectivity index (χ3n) is 8.35. The molecule has 224 valence electrons. The number of likely N-dealkylation sites (tertiary alicyclic amines) is 1. The average Bonchev–Trinajstić information content (AvgIpc) is 3.56. The second kappa shape index (κ2) is 12.7. The number of carbonyl (C=O) groups excluding carboxylic acids is 1. The van der Waals surface area contributed by atoms with Gasteiger partial charge in [-0.3, -0.25) is 9.69 Å². The molecule has 1 aromatic heterocycles. The van der Waals surface area contributed by atoms with Crippen molar-refractivity contribution < 1.29 is 22.7 Å². The van der Waals surface area contributed by atoms with Crippen LogP contribution in [-0.2, 0) is 30.8 Å². The van der Waals surface area contributed by atoms with Gasteiger partial charge in [0.15, 0.2) is 0 Å². The summed E-state index contributed by atoms with van der Waals surface area (Å²) in [5.41, 5.74) is 2.57. The van der Waals surface area contributed by atoms with Crippen molar-refractivity contribution in [1.29, 1.82) is 5.26 Å².